The molecule has 0 fully saturated rings. The monoisotopic (exact) mass is 639 g/mol. The van der Waals surface area contributed by atoms with E-state index in [1.54, 1.807) is 25.1 Å². The largest absolute Gasteiger partial charge is 0.354 e. The van der Waals surface area contributed by atoms with Crippen molar-refractivity contribution in [2.24, 2.45) is 0 Å². The van der Waals surface area contributed by atoms with Crippen LogP contribution >= 0.6 is 39.1 Å². The van der Waals surface area contributed by atoms with Gasteiger partial charge in [-0.15, -0.1) is 0 Å². The molecule has 1 atom stereocenters. The highest BCUT2D eigenvalue weighted by atomic mass is 79.9. The Morgan fingerprint density at radius 1 is 1.00 bits per heavy atom. The number of carbonyl (C=O) groups is 2. The van der Waals surface area contributed by atoms with E-state index in [4.69, 9.17) is 23.2 Å². The molecule has 38 heavy (non-hydrogen) atoms. The molecule has 0 unspecified atom stereocenters. The average Bonchev–Trinajstić information content (AvgIpc) is 2.89. The fraction of sp³-hybridized carbons (Fsp3) is 0.259. The Kier molecular flexibility index (Phi) is 10.6. The smallest absolute Gasteiger partial charge is 0.264 e. The maximum atomic E-state index is 13.9. The number of hydrogen-bond acceptors (Lipinski definition) is 4. The fourth-order valence-corrected chi connectivity index (χ4v) is 6.19. The lowest BCUT2D eigenvalue weighted by molar-refractivity contribution is -0.139. The fourth-order valence-electron chi connectivity index (χ4n) is 3.73. The summed E-state index contributed by atoms with van der Waals surface area (Å²) in [6, 6.07) is 18.6. The molecular weight excluding hydrogens is 613 g/mol. The third kappa shape index (κ3) is 7.50. The van der Waals surface area contributed by atoms with Crippen LogP contribution in [-0.4, -0.2) is 44.3 Å². The van der Waals surface area contributed by atoms with Crippen LogP contribution in [0.3, 0.4) is 0 Å². The second-order valence-corrected chi connectivity index (χ2v) is 12.2. The van der Waals surface area contributed by atoms with Crippen molar-refractivity contribution >= 4 is 66.7 Å². The molecule has 0 aliphatic heterocycles. The van der Waals surface area contributed by atoms with Crippen molar-refractivity contribution < 1.29 is 18.0 Å². The normalized spacial score (nSPS) is 12.0. The maximum absolute atomic E-state index is 13.9. The topological polar surface area (TPSA) is 86.8 Å². The molecule has 11 heteroatoms. The Balaban J connectivity index is 2.04. The van der Waals surface area contributed by atoms with Crippen LogP contribution in [0.15, 0.2) is 82.2 Å². The molecule has 3 aromatic rings. The first-order chi connectivity index (χ1) is 18.0. The van der Waals surface area contributed by atoms with Gasteiger partial charge in [0.2, 0.25) is 11.8 Å². The zero-order chi connectivity index (χ0) is 27.9. The first-order valence-corrected chi connectivity index (χ1v) is 14.9. The van der Waals surface area contributed by atoms with Gasteiger partial charge in [0, 0.05) is 22.6 Å². The van der Waals surface area contributed by atoms with E-state index in [1.165, 1.54) is 35.2 Å². The first-order valence-electron chi connectivity index (χ1n) is 11.9. The molecule has 3 aromatic carbocycles. The van der Waals surface area contributed by atoms with Gasteiger partial charge in [-0.05, 0) is 61.4 Å². The number of halogens is 3. The lowest BCUT2D eigenvalue weighted by Crippen LogP contribution is -2.51. The molecule has 7 nitrogen and oxygen atoms in total. The van der Waals surface area contributed by atoms with Gasteiger partial charge < -0.3 is 10.2 Å². The lowest BCUT2D eigenvalue weighted by Gasteiger charge is -2.32. The number of amides is 2. The standard InChI is InChI=1S/C27H28BrCl2N3O4S/c1-3-14-31-27(35)19(2)32(17-20-8-7-9-21(28)15-20)26(34)18-33(25-13-12-22(29)16-24(25)30)38(36,37)23-10-5-4-6-11-23/h4-13,15-16,19H,3,14,17-18H2,1-2H3,(H,31,35)/t19-/m1/s1. The van der Waals surface area contributed by atoms with Crippen molar-refractivity contribution in [1.29, 1.82) is 0 Å². The van der Waals surface area contributed by atoms with Crippen LogP contribution in [0, 0.1) is 0 Å². The molecule has 0 spiro atoms. The van der Waals surface area contributed by atoms with E-state index in [9.17, 15) is 18.0 Å². The van der Waals surface area contributed by atoms with Crippen molar-refractivity contribution in [3.63, 3.8) is 0 Å². The van der Waals surface area contributed by atoms with E-state index in [-0.39, 0.29) is 28.1 Å². The van der Waals surface area contributed by atoms with Crippen LogP contribution in [0.2, 0.25) is 10.0 Å². The van der Waals surface area contributed by atoms with Crippen molar-refractivity contribution in [3.05, 3.63) is 92.9 Å². The van der Waals surface area contributed by atoms with Gasteiger partial charge in [-0.2, -0.15) is 0 Å². The van der Waals surface area contributed by atoms with Gasteiger partial charge in [-0.25, -0.2) is 8.42 Å². The predicted molar refractivity (Wildman–Crippen MR) is 155 cm³/mol. The molecule has 0 saturated heterocycles. The highest BCUT2D eigenvalue weighted by molar-refractivity contribution is 9.10. The van der Waals surface area contributed by atoms with Crippen LogP contribution in [0.5, 0.6) is 0 Å². The molecule has 2 amide bonds. The average molecular weight is 641 g/mol. The molecule has 0 aliphatic carbocycles. The summed E-state index contributed by atoms with van der Waals surface area (Å²) in [4.78, 5) is 28.1. The Morgan fingerprint density at radius 3 is 2.34 bits per heavy atom. The molecular formula is C27H28BrCl2N3O4S. The molecule has 0 radical (unpaired) electrons. The summed E-state index contributed by atoms with van der Waals surface area (Å²) in [5.74, 6) is -0.910. The third-order valence-corrected chi connectivity index (χ3v) is 8.55. The van der Waals surface area contributed by atoms with Crippen LogP contribution in [-0.2, 0) is 26.2 Å². The molecule has 0 aliphatic rings. The van der Waals surface area contributed by atoms with Crippen molar-refractivity contribution in [2.75, 3.05) is 17.4 Å². The number of nitrogens with one attached hydrogen (secondary N) is 1. The van der Waals surface area contributed by atoms with Crippen molar-refractivity contribution in [2.45, 2.75) is 37.8 Å². The molecule has 1 N–H and O–H groups in total. The number of anilines is 1. The quantitative estimate of drug-likeness (QED) is 0.283. The second-order valence-electron chi connectivity index (χ2n) is 8.54. The molecule has 3 rings (SSSR count). The van der Waals surface area contributed by atoms with Crippen molar-refractivity contribution in [1.82, 2.24) is 10.2 Å². The summed E-state index contributed by atoms with van der Waals surface area (Å²) >= 11 is 15.9. The summed E-state index contributed by atoms with van der Waals surface area (Å²) < 4.78 is 29.3. The second kappa shape index (κ2) is 13.5. The van der Waals surface area contributed by atoms with Gasteiger partial charge in [0.25, 0.3) is 10.0 Å². The van der Waals surface area contributed by atoms with Gasteiger partial charge in [-0.3, -0.25) is 13.9 Å². The molecule has 0 saturated carbocycles. The zero-order valence-electron chi connectivity index (χ0n) is 20.9. The summed E-state index contributed by atoms with van der Waals surface area (Å²) in [5, 5.41) is 3.20. The van der Waals surface area contributed by atoms with E-state index in [0.717, 1.165) is 20.8 Å². The lowest BCUT2D eigenvalue weighted by atomic mass is 10.1. The Labute approximate surface area is 241 Å². The van der Waals surface area contributed by atoms with Crippen LogP contribution in [0.25, 0.3) is 0 Å². The minimum absolute atomic E-state index is 0.00825. The summed E-state index contributed by atoms with van der Waals surface area (Å²) in [7, 11) is -4.21. The number of nitrogens with zero attached hydrogens (tertiary/aromatic N) is 2. The van der Waals surface area contributed by atoms with E-state index in [1.807, 2.05) is 31.2 Å². The maximum Gasteiger partial charge on any atom is 0.264 e. The van der Waals surface area contributed by atoms with Crippen LogP contribution in [0.1, 0.15) is 25.8 Å². The number of rotatable bonds is 11. The Morgan fingerprint density at radius 2 is 1.71 bits per heavy atom. The van der Waals surface area contributed by atoms with E-state index >= 15 is 0 Å². The van der Waals surface area contributed by atoms with Gasteiger partial charge in [0.05, 0.1) is 15.6 Å². The van der Waals surface area contributed by atoms with E-state index < -0.39 is 28.5 Å². The van der Waals surface area contributed by atoms with Gasteiger partial charge in [-0.1, -0.05) is 76.4 Å². The Bertz CT molecular complexity index is 1390. The molecule has 202 valence electrons. The third-order valence-electron chi connectivity index (χ3n) is 5.75. The van der Waals surface area contributed by atoms with E-state index in [2.05, 4.69) is 21.2 Å². The minimum atomic E-state index is -4.21. The number of sulfonamides is 1. The van der Waals surface area contributed by atoms with Crippen molar-refractivity contribution in [3.8, 4) is 0 Å². The highest BCUT2D eigenvalue weighted by Gasteiger charge is 2.33. The first kappa shape index (κ1) is 30.0. The summed E-state index contributed by atoms with van der Waals surface area (Å²) in [6.07, 6.45) is 0.732. The highest BCUT2D eigenvalue weighted by Crippen LogP contribution is 2.33. The Hall–Kier alpha value is -2.59. The predicted octanol–water partition coefficient (Wildman–Crippen LogP) is 5.89. The SMILES string of the molecule is CCCNC(=O)[C@@H](C)N(Cc1cccc(Br)c1)C(=O)CN(c1ccc(Cl)cc1Cl)S(=O)(=O)c1ccccc1. The van der Waals surface area contributed by atoms with Gasteiger partial charge in [0.15, 0.2) is 0 Å². The van der Waals surface area contributed by atoms with Crippen LogP contribution < -0.4 is 9.62 Å². The minimum Gasteiger partial charge on any atom is -0.354 e. The number of hydrogen-bond donors (Lipinski definition) is 1. The molecule has 0 bridgehead atoms. The van der Waals surface area contributed by atoms with Crippen LogP contribution in [0.4, 0.5) is 5.69 Å². The van der Waals surface area contributed by atoms with Gasteiger partial charge in [0.1, 0.15) is 12.6 Å². The molecule has 0 heterocycles. The van der Waals surface area contributed by atoms with E-state index in [0.29, 0.717) is 11.6 Å². The summed E-state index contributed by atoms with van der Waals surface area (Å²) in [5.41, 5.74) is 0.864. The number of benzene rings is 3. The zero-order valence-corrected chi connectivity index (χ0v) is 24.8. The number of carbonyl (C=O) groups excluding carboxylic acids is 2. The molecule has 0 aromatic heterocycles. The summed E-state index contributed by atoms with van der Waals surface area (Å²) in [6.45, 7) is 3.51. The van der Waals surface area contributed by atoms with Gasteiger partial charge >= 0.3 is 0 Å².